The topological polar surface area (TPSA) is 88.6 Å². The highest BCUT2D eigenvalue weighted by molar-refractivity contribution is 6.66. The first-order valence-corrected chi connectivity index (χ1v) is 11.2. The summed E-state index contributed by atoms with van der Waals surface area (Å²) in [6.45, 7) is 0. The molecule has 0 aliphatic rings. The van der Waals surface area contributed by atoms with Gasteiger partial charge in [-0.05, 0) is 70.7 Å². The van der Waals surface area contributed by atoms with Gasteiger partial charge in [0.2, 0.25) is 0 Å². The predicted octanol–water partition coefficient (Wildman–Crippen LogP) is 4.82. The third-order valence-electron chi connectivity index (χ3n) is 1.98. The molecule has 22 heteroatoms. The Morgan fingerprint density at radius 1 is 0.536 bits per heavy atom. The van der Waals surface area contributed by atoms with Crippen molar-refractivity contribution in [3.05, 3.63) is 0 Å². The lowest BCUT2D eigenvalue weighted by Gasteiger charge is -2.26. The number of hydrogen-bond acceptors (Lipinski definition) is 9. The molecule has 0 fully saturated rings. The van der Waals surface area contributed by atoms with Crippen LogP contribution in [0.2, 0.25) is 0 Å². The van der Waals surface area contributed by atoms with Gasteiger partial charge in [0.1, 0.15) is 0 Å². The molecular formula is C6AlCl12N3O6. The van der Waals surface area contributed by atoms with Gasteiger partial charge in [-0.15, -0.1) is 0 Å². The van der Waals surface area contributed by atoms with Crippen molar-refractivity contribution in [1.82, 2.24) is 11.8 Å². The van der Waals surface area contributed by atoms with Crippen molar-refractivity contribution in [1.29, 1.82) is 0 Å². The van der Waals surface area contributed by atoms with Crippen molar-refractivity contribution < 1.29 is 25.7 Å². The lowest BCUT2D eigenvalue weighted by Crippen LogP contribution is -2.49. The summed E-state index contributed by atoms with van der Waals surface area (Å²) in [7, 11) is 0. The number of rotatable bonds is 9. The highest BCUT2D eigenvalue weighted by Crippen LogP contribution is 2.35. The molecule has 0 N–H and O–H groups in total. The van der Waals surface area contributed by atoms with E-state index >= 15 is 0 Å². The van der Waals surface area contributed by atoms with Crippen LogP contribution in [0.1, 0.15) is 0 Å². The third-order valence-corrected chi connectivity index (χ3v) is 7.70. The standard InChI is InChI=1S/3C2HCl4NO2.Al/c3*3-2(4,1(8)9)7(5)6;/h3*(H,8,9);/q;;;+3/p-3. The van der Waals surface area contributed by atoms with Crippen LogP contribution in [0.5, 0.6) is 0 Å². The molecule has 0 atom stereocenters. The van der Waals surface area contributed by atoms with Gasteiger partial charge in [-0.3, -0.25) is 14.4 Å². The smallest absolute Gasteiger partial charge is 0.547 e. The fraction of sp³-hybridized carbons (Fsp3) is 0.500. The molecule has 0 heterocycles. The van der Waals surface area contributed by atoms with E-state index in [0.29, 0.717) is 0 Å². The van der Waals surface area contributed by atoms with Gasteiger partial charge in [0.05, 0.1) is 0 Å². The predicted molar refractivity (Wildman–Crippen MR) is 108 cm³/mol. The average molecular weight is 662 g/mol. The Morgan fingerprint density at radius 3 is 0.857 bits per heavy atom. The number of alkyl halides is 6. The van der Waals surface area contributed by atoms with E-state index in [-0.39, 0.29) is 11.8 Å². The Kier molecular flexibility index (Phi) is 12.9. The number of carbonyl (C=O) groups is 3. The van der Waals surface area contributed by atoms with E-state index in [9.17, 15) is 14.4 Å². The van der Waals surface area contributed by atoms with Crippen LogP contribution in [-0.4, -0.2) is 58.2 Å². The molecule has 0 aliphatic carbocycles. The largest absolute Gasteiger partial charge is 1.20 e. The molecule has 0 aromatic rings. The fourth-order valence-electron chi connectivity index (χ4n) is 0.754. The van der Waals surface area contributed by atoms with Gasteiger partial charge in [0, 0.05) is 0 Å². The van der Waals surface area contributed by atoms with Gasteiger partial charge < -0.3 is 11.4 Å². The zero-order valence-corrected chi connectivity index (χ0v) is 22.1. The summed E-state index contributed by atoms with van der Waals surface area (Å²) in [5.74, 6) is -5.03. The van der Waals surface area contributed by atoms with Crippen molar-refractivity contribution in [2.75, 3.05) is 0 Å². The van der Waals surface area contributed by atoms with Gasteiger partial charge >= 0.3 is 33.1 Å². The van der Waals surface area contributed by atoms with E-state index in [1.165, 1.54) is 0 Å². The first kappa shape index (κ1) is 30.3. The van der Waals surface area contributed by atoms with E-state index < -0.39 is 46.4 Å². The van der Waals surface area contributed by atoms with Crippen LogP contribution >= 0.6 is 140 Å². The van der Waals surface area contributed by atoms with Gasteiger partial charge in [-0.2, -0.15) is 0 Å². The summed E-state index contributed by atoms with van der Waals surface area (Å²) in [6, 6.07) is 0. The second-order valence-corrected chi connectivity index (χ2v) is 11.5. The Hall–Kier alpha value is 2.30. The Morgan fingerprint density at radius 2 is 0.714 bits per heavy atom. The van der Waals surface area contributed by atoms with E-state index in [2.05, 4.69) is 11.4 Å². The SMILES string of the molecule is O=C([O][Al]([O]C(=O)C(Cl)(Cl)N(Cl)Cl)[O]C(=O)C(Cl)(Cl)N(Cl)Cl)C(Cl)(Cl)N(Cl)Cl. The Bertz CT molecular complexity index is 524. The first-order valence-electron chi connectivity index (χ1n) is 5.50. The molecule has 0 amide bonds. The number of nitrogens with zero attached hydrogens (tertiary/aromatic N) is 3. The van der Waals surface area contributed by atoms with Gasteiger partial charge in [0.25, 0.3) is 13.4 Å². The summed E-state index contributed by atoms with van der Waals surface area (Å²) in [5.41, 5.74) is 0. The summed E-state index contributed by atoms with van der Waals surface area (Å²) in [5, 5.41) is 0. The highest BCUT2D eigenvalue weighted by atomic mass is 35.6. The molecule has 28 heavy (non-hydrogen) atoms. The minimum Gasteiger partial charge on any atom is -0.547 e. The van der Waals surface area contributed by atoms with Crippen LogP contribution in [0.4, 0.5) is 0 Å². The second-order valence-electron chi connectivity index (χ2n) is 3.83. The van der Waals surface area contributed by atoms with Gasteiger partial charge in [-0.25, -0.2) is 0 Å². The molecule has 0 saturated heterocycles. The normalized spacial score (nSPS) is 13.0. The van der Waals surface area contributed by atoms with E-state index in [1.807, 2.05) is 0 Å². The first-order chi connectivity index (χ1) is 12.4. The molecule has 0 spiro atoms. The quantitative estimate of drug-likeness (QED) is 0.149. The van der Waals surface area contributed by atoms with E-state index in [4.69, 9.17) is 140 Å². The molecule has 0 unspecified atom stereocenters. The molecule has 0 saturated carbocycles. The van der Waals surface area contributed by atoms with Gasteiger partial charge in [-0.1, -0.05) is 81.4 Å². The average Bonchev–Trinajstić information content (AvgIpc) is 2.53. The molecule has 0 rings (SSSR count). The lowest BCUT2D eigenvalue weighted by atomic mass is 10.7. The molecule has 9 nitrogen and oxygen atoms in total. The van der Waals surface area contributed by atoms with E-state index in [0.717, 1.165) is 0 Å². The fourth-order valence-corrected chi connectivity index (χ4v) is 3.06. The van der Waals surface area contributed by atoms with Crippen molar-refractivity contribution in [2.45, 2.75) is 13.4 Å². The Balaban J connectivity index is 5.65. The monoisotopic (exact) mass is 657 g/mol. The molecule has 0 bridgehead atoms. The second kappa shape index (κ2) is 12.0. The van der Waals surface area contributed by atoms with E-state index in [1.54, 1.807) is 0 Å². The maximum atomic E-state index is 11.9. The molecule has 0 aliphatic heterocycles. The van der Waals surface area contributed by atoms with Crippen LogP contribution in [0, 0.1) is 0 Å². The van der Waals surface area contributed by atoms with Crippen LogP contribution in [0.25, 0.3) is 0 Å². The van der Waals surface area contributed by atoms with Crippen molar-refractivity contribution >= 4 is 173 Å². The molecule has 162 valence electrons. The lowest BCUT2D eigenvalue weighted by molar-refractivity contribution is -0.150. The maximum absolute atomic E-state index is 11.9. The van der Waals surface area contributed by atoms with Gasteiger partial charge in [0.15, 0.2) is 0 Å². The Labute approximate surface area is 222 Å². The molecule has 0 aromatic carbocycles. The third kappa shape index (κ3) is 8.34. The van der Waals surface area contributed by atoms with Crippen molar-refractivity contribution in [2.24, 2.45) is 0 Å². The number of carbonyl (C=O) groups excluding carboxylic acids is 3. The van der Waals surface area contributed by atoms with Crippen LogP contribution in [-0.2, 0) is 25.7 Å². The highest BCUT2D eigenvalue weighted by Gasteiger charge is 2.59. The van der Waals surface area contributed by atoms with Crippen LogP contribution in [0.3, 0.4) is 0 Å². The minimum atomic E-state index is -4.32. The zero-order chi connectivity index (χ0) is 22.7. The minimum absolute atomic E-state index is 0.0488. The molecular weight excluding hydrogens is 662 g/mol. The zero-order valence-electron chi connectivity index (χ0n) is 11.9. The summed E-state index contributed by atoms with van der Waals surface area (Å²) in [4.78, 5) is 35.8. The summed E-state index contributed by atoms with van der Waals surface area (Å²) >= 11 is 60.3. The number of hydrogen-bond donors (Lipinski definition) is 0. The van der Waals surface area contributed by atoms with Crippen LogP contribution in [0.15, 0.2) is 0 Å². The summed E-state index contributed by atoms with van der Waals surface area (Å²) in [6.07, 6.45) is 0. The molecule has 0 aromatic heterocycles. The summed E-state index contributed by atoms with van der Waals surface area (Å²) < 4.78 is 5.30. The van der Waals surface area contributed by atoms with Crippen molar-refractivity contribution in [3.63, 3.8) is 0 Å². The van der Waals surface area contributed by atoms with Crippen LogP contribution < -0.4 is 0 Å². The number of halogens is 12. The van der Waals surface area contributed by atoms with Crippen molar-refractivity contribution in [3.8, 4) is 0 Å². The molecule has 0 radical (unpaired) electrons. The maximum Gasteiger partial charge on any atom is 1.20 e.